The second-order valence-electron chi connectivity index (χ2n) is 3.99. The van der Waals surface area contributed by atoms with Gasteiger partial charge in [-0.1, -0.05) is 18.2 Å². The average Bonchev–Trinajstić information content (AvgIpc) is 2.81. The summed E-state index contributed by atoms with van der Waals surface area (Å²) in [6.45, 7) is 0. The first-order valence-electron chi connectivity index (χ1n) is 5.68. The zero-order valence-corrected chi connectivity index (χ0v) is 9.83. The number of fused-ring (bicyclic) bond motifs is 1. The third kappa shape index (κ3) is 2.26. The molecule has 0 saturated carbocycles. The van der Waals surface area contributed by atoms with Crippen LogP contribution in [0.25, 0.3) is 11.0 Å². The summed E-state index contributed by atoms with van der Waals surface area (Å²) in [6.07, 6.45) is 0. The Labute approximate surface area is 108 Å². The molecule has 0 aliphatic rings. The summed E-state index contributed by atoms with van der Waals surface area (Å²) in [7, 11) is 0. The first kappa shape index (κ1) is 11.3. The molecule has 0 fully saturated rings. The number of para-hydroxylation sites is 2. The fourth-order valence-corrected chi connectivity index (χ4v) is 1.78. The molecule has 0 atom stereocenters. The van der Waals surface area contributed by atoms with Crippen molar-refractivity contribution in [2.75, 3.05) is 0 Å². The van der Waals surface area contributed by atoms with Crippen LogP contribution in [0.1, 0.15) is 10.4 Å². The Bertz CT molecular complexity index is 716. The zero-order chi connectivity index (χ0) is 13.2. The van der Waals surface area contributed by atoms with Gasteiger partial charge in [0.05, 0.1) is 16.6 Å². The van der Waals surface area contributed by atoms with Crippen LogP contribution in [0.3, 0.4) is 0 Å². The van der Waals surface area contributed by atoms with Gasteiger partial charge in [-0.05, 0) is 30.3 Å². The number of hydrogen-bond donors (Lipinski definition) is 2. The highest BCUT2D eigenvalue weighted by Gasteiger charge is 2.07. The van der Waals surface area contributed by atoms with Gasteiger partial charge in [0.2, 0.25) is 0 Å². The van der Waals surface area contributed by atoms with Gasteiger partial charge >= 0.3 is 5.97 Å². The zero-order valence-electron chi connectivity index (χ0n) is 9.83. The minimum Gasteiger partial charge on any atom is -0.478 e. The molecule has 5 heteroatoms. The first-order valence-corrected chi connectivity index (χ1v) is 5.68. The Morgan fingerprint density at radius 2 is 2.00 bits per heavy atom. The molecule has 0 aliphatic heterocycles. The lowest BCUT2D eigenvalue weighted by Gasteiger charge is -2.02. The number of imidazole rings is 1. The number of carbonyl (C=O) groups is 1. The summed E-state index contributed by atoms with van der Waals surface area (Å²) in [5.41, 5.74) is 1.84. The highest BCUT2D eigenvalue weighted by Crippen LogP contribution is 2.22. The molecule has 94 valence electrons. The van der Waals surface area contributed by atoms with Gasteiger partial charge in [-0.15, -0.1) is 0 Å². The number of aromatic carboxylic acids is 1. The fraction of sp³-hybridized carbons (Fsp3) is 0. The van der Waals surface area contributed by atoms with Gasteiger partial charge < -0.3 is 14.8 Å². The molecular formula is C14H10N2O3. The summed E-state index contributed by atoms with van der Waals surface area (Å²) in [5.74, 6) is -0.561. The van der Waals surface area contributed by atoms with E-state index in [4.69, 9.17) is 9.84 Å². The normalized spacial score (nSPS) is 10.5. The molecule has 2 N–H and O–H groups in total. The van der Waals surface area contributed by atoms with E-state index in [0.717, 1.165) is 11.0 Å². The van der Waals surface area contributed by atoms with Crippen molar-refractivity contribution in [3.63, 3.8) is 0 Å². The largest absolute Gasteiger partial charge is 0.478 e. The van der Waals surface area contributed by atoms with E-state index in [-0.39, 0.29) is 5.56 Å². The number of hydrogen-bond acceptors (Lipinski definition) is 3. The number of carboxylic acid groups (broad SMARTS) is 1. The SMILES string of the molecule is O=C(O)c1cccc(Oc2nc3ccccc3[nH]2)c1. The summed E-state index contributed by atoms with van der Waals surface area (Å²) >= 11 is 0. The van der Waals surface area contributed by atoms with Crippen LogP contribution < -0.4 is 4.74 Å². The van der Waals surface area contributed by atoms with Crippen LogP contribution in [-0.4, -0.2) is 21.0 Å². The third-order valence-corrected chi connectivity index (χ3v) is 2.66. The second-order valence-corrected chi connectivity index (χ2v) is 3.99. The number of aromatic amines is 1. The van der Waals surface area contributed by atoms with Crippen molar-refractivity contribution >= 4 is 17.0 Å². The number of aromatic nitrogens is 2. The van der Waals surface area contributed by atoms with E-state index in [2.05, 4.69) is 9.97 Å². The Morgan fingerprint density at radius 1 is 1.16 bits per heavy atom. The Hall–Kier alpha value is -2.82. The van der Waals surface area contributed by atoms with Crippen LogP contribution in [0, 0.1) is 0 Å². The predicted octanol–water partition coefficient (Wildman–Crippen LogP) is 3.05. The van der Waals surface area contributed by atoms with Crippen LogP contribution in [-0.2, 0) is 0 Å². The van der Waals surface area contributed by atoms with Gasteiger partial charge in [-0.25, -0.2) is 4.79 Å². The molecule has 0 spiro atoms. The van der Waals surface area contributed by atoms with Gasteiger partial charge in [-0.2, -0.15) is 4.98 Å². The lowest BCUT2D eigenvalue weighted by Crippen LogP contribution is -1.96. The minimum absolute atomic E-state index is 0.175. The molecular weight excluding hydrogens is 244 g/mol. The maximum atomic E-state index is 10.9. The first-order chi connectivity index (χ1) is 9.22. The molecule has 0 amide bonds. The van der Waals surface area contributed by atoms with Gasteiger partial charge in [0, 0.05) is 0 Å². The van der Waals surface area contributed by atoms with Crippen molar-refractivity contribution in [1.29, 1.82) is 0 Å². The van der Waals surface area contributed by atoms with E-state index in [1.807, 2.05) is 24.3 Å². The number of nitrogens with one attached hydrogen (secondary N) is 1. The lowest BCUT2D eigenvalue weighted by atomic mass is 10.2. The second kappa shape index (κ2) is 4.45. The van der Waals surface area contributed by atoms with Crippen LogP contribution in [0.15, 0.2) is 48.5 Å². The molecule has 0 bridgehead atoms. The minimum atomic E-state index is -0.991. The summed E-state index contributed by atoms with van der Waals surface area (Å²) in [4.78, 5) is 18.1. The van der Waals surface area contributed by atoms with Crippen molar-refractivity contribution in [2.45, 2.75) is 0 Å². The Morgan fingerprint density at radius 3 is 2.79 bits per heavy atom. The maximum absolute atomic E-state index is 10.9. The molecule has 1 heterocycles. The Balaban J connectivity index is 1.92. The topological polar surface area (TPSA) is 75.2 Å². The summed E-state index contributed by atoms with van der Waals surface area (Å²) in [5, 5.41) is 8.91. The van der Waals surface area contributed by atoms with Gasteiger partial charge in [0.1, 0.15) is 5.75 Å². The lowest BCUT2D eigenvalue weighted by molar-refractivity contribution is 0.0696. The predicted molar refractivity (Wildman–Crippen MR) is 69.6 cm³/mol. The average molecular weight is 254 g/mol. The van der Waals surface area contributed by atoms with Crippen molar-refractivity contribution in [3.8, 4) is 11.8 Å². The smallest absolute Gasteiger partial charge is 0.335 e. The van der Waals surface area contributed by atoms with E-state index < -0.39 is 5.97 Å². The quantitative estimate of drug-likeness (QED) is 0.753. The molecule has 0 saturated heterocycles. The standard InChI is InChI=1S/C14H10N2O3/c17-13(18)9-4-3-5-10(8-9)19-14-15-11-6-1-2-7-12(11)16-14/h1-8H,(H,15,16)(H,17,18). The van der Waals surface area contributed by atoms with Gasteiger partial charge in [-0.3, -0.25) is 0 Å². The molecule has 3 aromatic rings. The number of carboxylic acids is 1. The van der Waals surface area contributed by atoms with E-state index in [0.29, 0.717) is 11.8 Å². The molecule has 2 aromatic carbocycles. The maximum Gasteiger partial charge on any atom is 0.335 e. The van der Waals surface area contributed by atoms with Crippen molar-refractivity contribution < 1.29 is 14.6 Å². The number of nitrogens with zero attached hydrogens (tertiary/aromatic N) is 1. The molecule has 0 aliphatic carbocycles. The summed E-state index contributed by atoms with van der Waals surface area (Å²) in [6, 6.07) is 14.1. The third-order valence-electron chi connectivity index (χ3n) is 2.66. The molecule has 5 nitrogen and oxygen atoms in total. The van der Waals surface area contributed by atoms with E-state index >= 15 is 0 Å². The summed E-state index contributed by atoms with van der Waals surface area (Å²) < 4.78 is 5.52. The van der Waals surface area contributed by atoms with Crippen LogP contribution in [0.4, 0.5) is 0 Å². The van der Waals surface area contributed by atoms with Crippen LogP contribution >= 0.6 is 0 Å². The fourth-order valence-electron chi connectivity index (χ4n) is 1.78. The van der Waals surface area contributed by atoms with Crippen molar-refractivity contribution in [2.24, 2.45) is 0 Å². The number of rotatable bonds is 3. The van der Waals surface area contributed by atoms with Gasteiger partial charge in [0.25, 0.3) is 6.01 Å². The highest BCUT2D eigenvalue weighted by atomic mass is 16.5. The number of benzene rings is 2. The molecule has 0 unspecified atom stereocenters. The van der Waals surface area contributed by atoms with Crippen LogP contribution in [0.5, 0.6) is 11.8 Å². The van der Waals surface area contributed by atoms with Crippen molar-refractivity contribution in [1.82, 2.24) is 9.97 Å². The number of H-pyrrole nitrogens is 1. The monoisotopic (exact) mass is 254 g/mol. The van der Waals surface area contributed by atoms with Crippen LogP contribution in [0.2, 0.25) is 0 Å². The molecule has 0 radical (unpaired) electrons. The molecule has 1 aromatic heterocycles. The number of ether oxygens (including phenoxy) is 1. The highest BCUT2D eigenvalue weighted by molar-refractivity contribution is 5.88. The van der Waals surface area contributed by atoms with Crippen molar-refractivity contribution in [3.05, 3.63) is 54.1 Å². The van der Waals surface area contributed by atoms with E-state index in [1.54, 1.807) is 12.1 Å². The molecule has 3 rings (SSSR count). The Kier molecular flexibility index (Phi) is 2.64. The van der Waals surface area contributed by atoms with E-state index in [1.165, 1.54) is 12.1 Å². The molecule has 19 heavy (non-hydrogen) atoms. The van der Waals surface area contributed by atoms with E-state index in [9.17, 15) is 4.79 Å². The van der Waals surface area contributed by atoms with Gasteiger partial charge in [0.15, 0.2) is 0 Å².